The first-order valence-electron chi connectivity index (χ1n) is 17.9. The van der Waals surface area contributed by atoms with Crippen molar-refractivity contribution in [3.8, 4) is 0 Å². The molecule has 2 bridgehead atoms. The Labute approximate surface area is 332 Å². The van der Waals surface area contributed by atoms with E-state index in [0.717, 1.165) is 68.3 Å². The minimum atomic E-state index is -0.814. The third kappa shape index (κ3) is 7.74. The van der Waals surface area contributed by atoms with Crippen LogP contribution in [-0.4, -0.2) is 96.0 Å². The topological polar surface area (TPSA) is 156 Å². The van der Waals surface area contributed by atoms with Crippen LogP contribution in [0.15, 0.2) is 54.7 Å². The van der Waals surface area contributed by atoms with Crippen LogP contribution < -0.4 is 47.2 Å². The molecule has 8 rings (SSSR count). The molecule has 3 N–H and O–H groups in total. The maximum atomic E-state index is 13.6. The number of nitrogens with zero attached hydrogens (tertiary/aromatic N) is 7. The number of hydrogen-bond donors (Lipinski definition) is 3. The molecule has 0 radical (unpaired) electrons. The molecule has 2 aromatic carbocycles. The molecule has 4 aliphatic rings. The molecule has 4 saturated heterocycles. The number of piperidine rings is 1. The van der Waals surface area contributed by atoms with E-state index in [1.807, 2.05) is 44.2 Å². The predicted octanol–water partition coefficient (Wildman–Crippen LogP) is 1.93. The molecule has 17 heteroatoms. The van der Waals surface area contributed by atoms with Gasteiger partial charge < -0.3 is 5.32 Å². The normalized spacial score (nSPS) is 21.5. The van der Waals surface area contributed by atoms with Gasteiger partial charge >= 0.3 is 260 Å². The number of nitrogens with one attached hydrogen (secondary N) is 3. The molecule has 4 aromatic rings. The number of thiazole rings is 1. The zero-order valence-electron chi connectivity index (χ0n) is 29.7. The van der Waals surface area contributed by atoms with Crippen molar-refractivity contribution in [3.05, 3.63) is 81.6 Å². The molecule has 6 heterocycles. The summed E-state index contributed by atoms with van der Waals surface area (Å²) in [5.74, 6) is 1.01. The van der Waals surface area contributed by atoms with Crippen molar-refractivity contribution in [2.45, 2.75) is 51.1 Å². The molecule has 3 atom stereocenters. The van der Waals surface area contributed by atoms with E-state index in [4.69, 9.17) is 16.6 Å². The fourth-order valence-electron chi connectivity index (χ4n) is 7.54. The van der Waals surface area contributed by atoms with Crippen LogP contribution in [0.3, 0.4) is 0 Å². The van der Waals surface area contributed by atoms with Crippen molar-refractivity contribution in [2.24, 2.45) is 0 Å². The SMILES string of the molecule is Cc1nc(Nc2ncc(C(=O)Nc3c(C)cccc3Cl)s2)cc(N2CCN([I-]C(=O)N3CC4CC3CN4c3ccc(C4CCC(=O)NC4=O)cc3)CC2)n1. The first-order valence-corrected chi connectivity index (χ1v) is 21.1. The van der Waals surface area contributed by atoms with Crippen molar-refractivity contribution in [1.82, 2.24) is 28.3 Å². The molecule has 4 aliphatic heterocycles. The first kappa shape index (κ1) is 36.6. The molecule has 4 amide bonds. The summed E-state index contributed by atoms with van der Waals surface area (Å²) < 4.78 is 2.61. The van der Waals surface area contributed by atoms with Gasteiger partial charge in [-0.05, 0) is 18.6 Å². The van der Waals surface area contributed by atoms with Crippen molar-refractivity contribution in [1.29, 1.82) is 0 Å². The number of imide groups is 1. The molecule has 0 aliphatic carbocycles. The van der Waals surface area contributed by atoms with Crippen LogP contribution in [0.4, 0.5) is 32.9 Å². The Morgan fingerprint density at radius 2 is 1.80 bits per heavy atom. The van der Waals surface area contributed by atoms with Gasteiger partial charge in [0.1, 0.15) is 0 Å². The minimum absolute atomic E-state index is 0.205. The van der Waals surface area contributed by atoms with E-state index in [1.54, 1.807) is 6.07 Å². The molecule has 2 aromatic heterocycles. The summed E-state index contributed by atoms with van der Waals surface area (Å²) in [4.78, 5) is 71.2. The summed E-state index contributed by atoms with van der Waals surface area (Å²) >= 11 is 6.71. The number of anilines is 5. The van der Waals surface area contributed by atoms with E-state index in [-0.39, 0.29) is 39.6 Å². The van der Waals surface area contributed by atoms with Crippen LogP contribution in [0.2, 0.25) is 5.02 Å². The second-order valence-electron chi connectivity index (χ2n) is 13.9. The third-order valence-electron chi connectivity index (χ3n) is 10.3. The van der Waals surface area contributed by atoms with Gasteiger partial charge in [0.2, 0.25) is 5.91 Å². The van der Waals surface area contributed by atoms with Gasteiger partial charge in [0.15, 0.2) is 0 Å². The third-order valence-corrected chi connectivity index (χ3v) is 14.2. The van der Waals surface area contributed by atoms with Crippen LogP contribution in [0.25, 0.3) is 0 Å². The van der Waals surface area contributed by atoms with E-state index in [9.17, 15) is 19.2 Å². The Hall–Kier alpha value is -4.39. The van der Waals surface area contributed by atoms with Crippen LogP contribution in [0.1, 0.15) is 51.8 Å². The number of para-hydroxylation sites is 1. The Morgan fingerprint density at radius 3 is 2.52 bits per heavy atom. The van der Waals surface area contributed by atoms with Crippen molar-refractivity contribution in [3.63, 3.8) is 0 Å². The van der Waals surface area contributed by atoms with Crippen LogP contribution in [-0.2, 0) is 9.59 Å². The zero-order valence-corrected chi connectivity index (χ0v) is 33.4. The number of aryl methyl sites for hydroxylation is 2. The summed E-state index contributed by atoms with van der Waals surface area (Å²) in [7, 11) is 0. The van der Waals surface area contributed by atoms with Gasteiger partial charge in [0.05, 0.1) is 10.7 Å². The van der Waals surface area contributed by atoms with Crippen LogP contribution in [0.5, 0.6) is 0 Å². The fraction of sp³-hybridized carbons (Fsp3) is 0.378. The Balaban J connectivity index is 0.815. The van der Waals surface area contributed by atoms with Gasteiger partial charge in [0, 0.05) is 0 Å². The summed E-state index contributed by atoms with van der Waals surface area (Å²) in [6, 6.07) is 16.0. The number of amides is 4. The van der Waals surface area contributed by atoms with Crippen LogP contribution in [0, 0.1) is 13.8 Å². The molecule has 282 valence electrons. The predicted molar refractivity (Wildman–Crippen MR) is 203 cm³/mol. The molecule has 0 spiro atoms. The van der Waals surface area contributed by atoms with E-state index < -0.39 is 21.5 Å². The van der Waals surface area contributed by atoms with E-state index in [1.165, 1.54) is 17.5 Å². The molecular weight excluding hydrogens is 843 g/mol. The second-order valence-corrected chi connectivity index (χ2v) is 18.1. The number of carbonyl (C=O) groups excluding carboxylic acids is 4. The van der Waals surface area contributed by atoms with Crippen molar-refractivity contribution >= 4 is 72.7 Å². The molecule has 0 saturated carbocycles. The van der Waals surface area contributed by atoms with Crippen LogP contribution >= 0.6 is 22.9 Å². The quantitative estimate of drug-likeness (QED) is 0.0743. The maximum absolute atomic E-state index is 13.6. The second kappa shape index (κ2) is 15.4. The average Bonchev–Trinajstić information content (AvgIpc) is 3.91. The van der Waals surface area contributed by atoms with Gasteiger partial charge in [-0.1, -0.05) is 23.7 Å². The number of carbonyl (C=O) groups is 4. The number of benzene rings is 2. The van der Waals surface area contributed by atoms with E-state index in [2.05, 4.69) is 55.9 Å². The van der Waals surface area contributed by atoms with Gasteiger partial charge in [-0.15, -0.1) is 0 Å². The molecule has 4 fully saturated rings. The Bertz CT molecular complexity index is 2090. The summed E-state index contributed by atoms with van der Waals surface area (Å²) in [5, 5.41) is 9.58. The standard InChI is InChI=1S/C37H39ClIN10O4S/c1-21-4-3-5-28(38)33(21)45-35(52)29-18-40-37(54-29)43-30-17-31(42-22(2)41-30)46-12-14-47(15-13-46)39-36(53)49-20-25-16-26(49)19-48(25)24-8-6-23(7-9-24)27-10-11-32(50)44-34(27)51/h3-9,17-18,25-27H,10-16,19-20H2,1-2H3,(H,45,52)(H,44,50,51)(H,40,41,42,43)/q-1. The number of piperazine rings is 2. The molecular formula is C37H39ClIN10O4S-. The first-order chi connectivity index (χ1) is 26.1. The van der Waals surface area contributed by atoms with Gasteiger partial charge in [-0.3, -0.25) is 9.59 Å². The summed E-state index contributed by atoms with van der Waals surface area (Å²) in [6.07, 6.45) is 3.40. The fourth-order valence-corrected chi connectivity index (χ4v) is 10.9. The van der Waals surface area contributed by atoms with Crippen molar-refractivity contribution in [2.75, 3.05) is 59.7 Å². The average molecular weight is 882 g/mol. The van der Waals surface area contributed by atoms with E-state index in [0.29, 0.717) is 45.2 Å². The number of hydrogen-bond acceptors (Lipinski definition) is 12. The number of aromatic nitrogens is 3. The van der Waals surface area contributed by atoms with Crippen molar-refractivity contribution < 1.29 is 40.7 Å². The zero-order chi connectivity index (χ0) is 37.5. The number of halogens is 2. The summed E-state index contributed by atoms with van der Waals surface area (Å²) in [6.45, 7) is 8.36. The summed E-state index contributed by atoms with van der Waals surface area (Å²) in [5.41, 5.74) is 3.49. The Morgan fingerprint density at radius 1 is 1.00 bits per heavy atom. The molecule has 3 unspecified atom stereocenters. The van der Waals surface area contributed by atoms with Gasteiger partial charge in [-0.2, -0.15) is 0 Å². The van der Waals surface area contributed by atoms with Gasteiger partial charge in [-0.25, -0.2) is 0 Å². The van der Waals surface area contributed by atoms with E-state index >= 15 is 0 Å². The van der Waals surface area contributed by atoms with Gasteiger partial charge in [0.25, 0.3) is 0 Å². The molecule has 14 nitrogen and oxygen atoms in total. The monoisotopic (exact) mass is 881 g/mol. The molecule has 54 heavy (non-hydrogen) atoms. The number of rotatable bonds is 9. The number of likely N-dealkylation sites (tertiary alicyclic amines) is 1. The Kier molecular flexibility index (Phi) is 10.4. The number of fused-ring (bicyclic) bond motifs is 2.